The number of nitrogens with one attached hydrogen (secondary N) is 2. The highest BCUT2D eigenvalue weighted by atomic mass is 16.1. The molecule has 1 amide bonds. The summed E-state index contributed by atoms with van der Waals surface area (Å²) in [5.41, 5.74) is 7.49. The summed E-state index contributed by atoms with van der Waals surface area (Å²) in [5, 5.41) is 4.56. The van der Waals surface area contributed by atoms with E-state index in [4.69, 9.17) is 0 Å². The van der Waals surface area contributed by atoms with Crippen molar-refractivity contribution in [3.05, 3.63) is 70.4 Å². The molecule has 1 heterocycles. The van der Waals surface area contributed by atoms with Gasteiger partial charge in [-0.1, -0.05) is 35.9 Å². The Morgan fingerprint density at radius 3 is 2.88 bits per heavy atom. The van der Waals surface area contributed by atoms with E-state index in [1.807, 2.05) is 18.2 Å². The first-order chi connectivity index (χ1) is 12.1. The Kier molecular flexibility index (Phi) is 4.08. The number of hydrogen-bond acceptors (Lipinski definition) is 1. The van der Waals surface area contributed by atoms with Gasteiger partial charge in [-0.05, 0) is 61.9 Å². The average molecular weight is 332 g/mol. The van der Waals surface area contributed by atoms with E-state index in [-0.39, 0.29) is 11.9 Å². The zero-order chi connectivity index (χ0) is 17.4. The Morgan fingerprint density at radius 1 is 1.20 bits per heavy atom. The summed E-state index contributed by atoms with van der Waals surface area (Å²) >= 11 is 0. The first kappa shape index (κ1) is 15.9. The van der Waals surface area contributed by atoms with E-state index in [2.05, 4.69) is 48.4 Å². The normalized spacial score (nSPS) is 16.6. The number of rotatable bonds is 3. The summed E-state index contributed by atoms with van der Waals surface area (Å²) < 4.78 is 0. The second kappa shape index (κ2) is 6.40. The smallest absolute Gasteiger partial charge is 0.224 e. The predicted octanol–water partition coefficient (Wildman–Crippen LogP) is 4.00. The molecule has 0 fully saturated rings. The molecular weight excluding hydrogens is 308 g/mol. The van der Waals surface area contributed by atoms with Crippen LogP contribution in [0.3, 0.4) is 0 Å². The number of aromatic nitrogens is 1. The molecule has 4 rings (SSSR count). The molecule has 0 bridgehead atoms. The maximum atomic E-state index is 12.5. The maximum absolute atomic E-state index is 12.5. The molecular formula is C22H24N2O. The highest BCUT2D eigenvalue weighted by Gasteiger charge is 2.23. The lowest BCUT2D eigenvalue weighted by molar-refractivity contribution is -0.121. The molecule has 1 aliphatic rings. The quantitative estimate of drug-likeness (QED) is 0.748. The molecule has 1 atom stereocenters. The average Bonchev–Trinajstić information content (AvgIpc) is 2.94. The molecule has 1 aromatic heterocycles. The Morgan fingerprint density at radius 2 is 2.04 bits per heavy atom. The standard InChI is InChI=1S/C22H24N2O/c1-14-7-9-20-18(11-14)19-13-17(8-10-21(19)24-20)23-22(25)12-16-6-4-3-5-15(16)2/h3-7,9,11,17,24H,8,10,12-13H2,1-2H3,(H,23,25)/t17-/m0/s1. The molecule has 2 N–H and O–H groups in total. The molecule has 0 saturated carbocycles. The van der Waals surface area contributed by atoms with Crippen molar-refractivity contribution < 1.29 is 4.79 Å². The van der Waals surface area contributed by atoms with Crippen LogP contribution in [0.15, 0.2) is 42.5 Å². The molecule has 128 valence electrons. The minimum absolute atomic E-state index is 0.124. The van der Waals surface area contributed by atoms with Crippen LogP contribution < -0.4 is 5.32 Å². The third-order valence-electron chi connectivity index (χ3n) is 5.32. The van der Waals surface area contributed by atoms with Crippen LogP contribution in [0.2, 0.25) is 0 Å². The Bertz CT molecular complexity index is 938. The van der Waals surface area contributed by atoms with Gasteiger partial charge in [-0.3, -0.25) is 4.79 Å². The fourth-order valence-electron chi connectivity index (χ4n) is 3.91. The first-order valence-corrected chi connectivity index (χ1v) is 9.04. The molecule has 0 unspecified atom stereocenters. The van der Waals surface area contributed by atoms with Gasteiger partial charge in [-0.2, -0.15) is 0 Å². The van der Waals surface area contributed by atoms with E-state index in [1.165, 1.54) is 33.3 Å². The van der Waals surface area contributed by atoms with Crippen molar-refractivity contribution in [2.45, 2.75) is 45.6 Å². The van der Waals surface area contributed by atoms with Crippen molar-refractivity contribution in [1.82, 2.24) is 10.3 Å². The van der Waals surface area contributed by atoms with Crippen LogP contribution >= 0.6 is 0 Å². The molecule has 3 heteroatoms. The van der Waals surface area contributed by atoms with E-state index in [9.17, 15) is 4.79 Å². The van der Waals surface area contributed by atoms with Crippen LogP contribution in [0.1, 0.15) is 34.4 Å². The first-order valence-electron chi connectivity index (χ1n) is 9.04. The summed E-state index contributed by atoms with van der Waals surface area (Å²) in [4.78, 5) is 16.0. The van der Waals surface area contributed by atoms with Gasteiger partial charge in [-0.25, -0.2) is 0 Å². The lowest BCUT2D eigenvalue weighted by atomic mass is 9.91. The van der Waals surface area contributed by atoms with Gasteiger partial charge in [0.2, 0.25) is 5.91 Å². The summed E-state index contributed by atoms with van der Waals surface area (Å²) in [6.07, 6.45) is 3.37. The van der Waals surface area contributed by atoms with Crippen molar-refractivity contribution in [2.24, 2.45) is 0 Å². The molecule has 0 saturated heterocycles. The van der Waals surface area contributed by atoms with Gasteiger partial charge >= 0.3 is 0 Å². The summed E-state index contributed by atoms with van der Waals surface area (Å²) in [7, 11) is 0. The van der Waals surface area contributed by atoms with Gasteiger partial charge in [0.15, 0.2) is 0 Å². The fourth-order valence-corrected chi connectivity index (χ4v) is 3.91. The summed E-state index contributed by atoms with van der Waals surface area (Å²) in [5.74, 6) is 0.124. The number of carbonyl (C=O) groups is 1. The third kappa shape index (κ3) is 3.19. The van der Waals surface area contributed by atoms with Crippen molar-refractivity contribution >= 4 is 16.8 Å². The lowest BCUT2D eigenvalue weighted by Crippen LogP contribution is -2.39. The number of fused-ring (bicyclic) bond motifs is 3. The van der Waals surface area contributed by atoms with Gasteiger partial charge in [0.05, 0.1) is 6.42 Å². The van der Waals surface area contributed by atoms with Crippen LogP contribution in [0.5, 0.6) is 0 Å². The lowest BCUT2D eigenvalue weighted by Gasteiger charge is -2.24. The Labute approximate surface area is 148 Å². The molecule has 1 aliphatic carbocycles. The van der Waals surface area contributed by atoms with E-state index in [0.29, 0.717) is 6.42 Å². The fraction of sp³-hybridized carbons (Fsp3) is 0.318. The molecule has 25 heavy (non-hydrogen) atoms. The molecule has 0 spiro atoms. The van der Waals surface area contributed by atoms with Crippen LogP contribution in [-0.4, -0.2) is 16.9 Å². The highest BCUT2D eigenvalue weighted by molar-refractivity contribution is 5.86. The maximum Gasteiger partial charge on any atom is 0.224 e. The van der Waals surface area contributed by atoms with E-state index in [0.717, 1.165) is 24.8 Å². The monoisotopic (exact) mass is 332 g/mol. The summed E-state index contributed by atoms with van der Waals surface area (Å²) in [6.45, 7) is 4.19. The molecule has 0 aliphatic heterocycles. The van der Waals surface area contributed by atoms with Crippen LogP contribution in [0, 0.1) is 13.8 Å². The van der Waals surface area contributed by atoms with E-state index in [1.54, 1.807) is 0 Å². The molecule has 2 aromatic carbocycles. The second-order valence-corrected chi connectivity index (χ2v) is 7.24. The molecule has 3 aromatic rings. The zero-order valence-electron chi connectivity index (χ0n) is 14.9. The minimum Gasteiger partial charge on any atom is -0.358 e. The van der Waals surface area contributed by atoms with Crippen molar-refractivity contribution in [1.29, 1.82) is 0 Å². The Hall–Kier alpha value is -2.55. The zero-order valence-corrected chi connectivity index (χ0v) is 14.9. The van der Waals surface area contributed by atoms with Crippen molar-refractivity contribution in [3.8, 4) is 0 Å². The predicted molar refractivity (Wildman–Crippen MR) is 102 cm³/mol. The van der Waals surface area contributed by atoms with Crippen LogP contribution in [0.25, 0.3) is 10.9 Å². The largest absolute Gasteiger partial charge is 0.358 e. The molecule has 0 radical (unpaired) electrons. The van der Waals surface area contributed by atoms with Crippen molar-refractivity contribution in [3.63, 3.8) is 0 Å². The Balaban J connectivity index is 1.49. The SMILES string of the molecule is Cc1ccc2[nH]c3c(c2c1)C[C@@H](NC(=O)Cc1ccccc1C)CC3. The summed E-state index contributed by atoms with van der Waals surface area (Å²) in [6, 6.07) is 14.9. The van der Waals surface area contributed by atoms with Gasteiger partial charge in [-0.15, -0.1) is 0 Å². The topological polar surface area (TPSA) is 44.9 Å². The highest BCUT2D eigenvalue weighted by Crippen LogP contribution is 2.30. The number of benzene rings is 2. The van der Waals surface area contributed by atoms with Gasteiger partial charge in [0, 0.05) is 22.6 Å². The van der Waals surface area contributed by atoms with Gasteiger partial charge in [0.25, 0.3) is 0 Å². The van der Waals surface area contributed by atoms with Crippen LogP contribution in [0.4, 0.5) is 0 Å². The van der Waals surface area contributed by atoms with Gasteiger partial charge < -0.3 is 10.3 Å². The number of aryl methyl sites for hydroxylation is 3. The van der Waals surface area contributed by atoms with Crippen LogP contribution in [-0.2, 0) is 24.1 Å². The number of amides is 1. The number of aromatic amines is 1. The number of H-pyrrole nitrogens is 1. The third-order valence-corrected chi connectivity index (χ3v) is 5.32. The minimum atomic E-state index is 0.124. The molecule has 3 nitrogen and oxygen atoms in total. The number of carbonyl (C=O) groups excluding carboxylic acids is 1. The van der Waals surface area contributed by atoms with E-state index >= 15 is 0 Å². The second-order valence-electron chi connectivity index (χ2n) is 7.24. The van der Waals surface area contributed by atoms with Crippen molar-refractivity contribution in [2.75, 3.05) is 0 Å². The van der Waals surface area contributed by atoms with E-state index < -0.39 is 0 Å². The van der Waals surface area contributed by atoms with Gasteiger partial charge in [0.1, 0.15) is 0 Å². The number of hydrogen-bond donors (Lipinski definition) is 2.